The zero-order valence-electron chi connectivity index (χ0n) is 30.1. The zero-order chi connectivity index (χ0) is 40.8. The van der Waals surface area contributed by atoms with Crippen molar-refractivity contribution in [3.8, 4) is 11.1 Å². The SMILES string of the molecule is CCOC(=O)C(CCC(C(=O)O)c1c(F)cc(NC(=O)c2ccc(C)cc2-c2ccc(C(F)(F)F)cc2)c(C(=O)N(C)C)c1F)(CC(=O)O)c1ccccc1. The summed E-state index contributed by atoms with van der Waals surface area (Å²) in [6.45, 7) is 3.00. The second-order valence-corrected chi connectivity index (χ2v) is 13.0. The molecule has 0 radical (unpaired) electrons. The molecule has 2 unspecified atom stereocenters. The number of carbonyl (C=O) groups excluding carboxylic acids is 3. The summed E-state index contributed by atoms with van der Waals surface area (Å²) in [5, 5.41) is 22.4. The molecule has 0 aliphatic rings. The Labute approximate surface area is 312 Å². The van der Waals surface area contributed by atoms with Crippen LogP contribution in [0.1, 0.15) is 75.1 Å². The minimum atomic E-state index is -4.62. The van der Waals surface area contributed by atoms with Gasteiger partial charge in [-0.2, -0.15) is 13.2 Å². The summed E-state index contributed by atoms with van der Waals surface area (Å²) in [4.78, 5) is 66.3. The highest BCUT2D eigenvalue weighted by atomic mass is 19.4. The first-order chi connectivity index (χ1) is 25.8. The number of aryl methyl sites for hydroxylation is 1. The van der Waals surface area contributed by atoms with Crippen LogP contribution in [0.2, 0.25) is 0 Å². The molecule has 4 aromatic rings. The number of carboxylic acid groups (broad SMARTS) is 2. The Morgan fingerprint density at radius 2 is 1.51 bits per heavy atom. The average Bonchev–Trinajstić information content (AvgIpc) is 3.11. The highest BCUT2D eigenvalue weighted by Gasteiger charge is 2.45. The van der Waals surface area contributed by atoms with E-state index >= 15 is 8.78 Å². The molecule has 0 bridgehead atoms. The van der Waals surface area contributed by atoms with Crippen molar-refractivity contribution in [1.82, 2.24) is 4.90 Å². The first-order valence-corrected chi connectivity index (χ1v) is 16.8. The van der Waals surface area contributed by atoms with Crippen LogP contribution in [0.3, 0.4) is 0 Å². The third-order valence-electron chi connectivity index (χ3n) is 9.02. The van der Waals surface area contributed by atoms with Gasteiger partial charge in [0.15, 0.2) is 0 Å². The van der Waals surface area contributed by atoms with E-state index in [1.165, 1.54) is 63.5 Å². The molecule has 0 aliphatic heterocycles. The van der Waals surface area contributed by atoms with E-state index in [0.717, 1.165) is 29.2 Å². The van der Waals surface area contributed by atoms with Crippen molar-refractivity contribution in [3.63, 3.8) is 0 Å². The third kappa shape index (κ3) is 9.16. The molecule has 0 fully saturated rings. The van der Waals surface area contributed by atoms with E-state index in [1.54, 1.807) is 13.0 Å². The fourth-order valence-electron chi connectivity index (χ4n) is 6.30. The number of amides is 2. The summed E-state index contributed by atoms with van der Waals surface area (Å²) in [6.07, 6.45) is -6.74. The molecule has 10 nitrogen and oxygen atoms in total. The lowest BCUT2D eigenvalue weighted by molar-refractivity contribution is -0.156. The van der Waals surface area contributed by atoms with Gasteiger partial charge in [-0.3, -0.25) is 24.0 Å². The number of hydrogen-bond acceptors (Lipinski definition) is 6. The standard InChI is InChI=1S/C40H37F5N2O8/c1-5-55-38(54)39(21-31(48)49,24-9-7-6-8-10-24)18-17-27(37(52)53)32-29(41)20-30(33(34(32)42)36(51)47(3)4)46-35(50)26-16-11-22(2)19-28(26)23-12-14-25(15-13-23)40(43,44)45/h6-16,19-20,27H,5,17-18,21H2,1-4H3,(H,46,50)(H,48,49)(H,52,53). The Hall–Kier alpha value is -6.12. The van der Waals surface area contributed by atoms with Crippen LogP contribution in [0, 0.1) is 18.6 Å². The van der Waals surface area contributed by atoms with Gasteiger partial charge >= 0.3 is 24.1 Å². The predicted molar refractivity (Wildman–Crippen MR) is 191 cm³/mol. The lowest BCUT2D eigenvalue weighted by Crippen LogP contribution is -2.40. The Morgan fingerprint density at radius 1 is 0.873 bits per heavy atom. The first kappa shape index (κ1) is 41.6. The number of nitrogens with zero attached hydrogens (tertiary/aromatic N) is 1. The number of halogens is 5. The summed E-state index contributed by atoms with van der Waals surface area (Å²) < 4.78 is 77.7. The van der Waals surface area contributed by atoms with Gasteiger partial charge in [0.25, 0.3) is 11.8 Å². The molecule has 0 saturated heterocycles. The number of rotatable bonds is 14. The van der Waals surface area contributed by atoms with E-state index in [2.05, 4.69) is 5.32 Å². The van der Waals surface area contributed by atoms with Crippen molar-refractivity contribution in [2.75, 3.05) is 26.0 Å². The minimum Gasteiger partial charge on any atom is -0.481 e. The van der Waals surface area contributed by atoms with Gasteiger partial charge in [-0.1, -0.05) is 60.2 Å². The van der Waals surface area contributed by atoms with Gasteiger partial charge in [0.1, 0.15) is 17.0 Å². The molecule has 0 aromatic heterocycles. The third-order valence-corrected chi connectivity index (χ3v) is 9.02. The molecule has 0 heterocycles. The second kappa shape index (κ2) is 16.9. The molecular formula is C40H37F5N2O8. The quantitative estimate of drug-likeness (QED) is 0.0868. The van der Waals surface area contributed by atoms with Gasteiger partial charge in [0.2, 0.25) is 0 Å². The van der Waals surface area contributed by atoms with Gasteiger partial charge in [0, 0.05) is 25.2 Å². The summed E-state index contributed by atoms with van der Waals surface area (Å²) in [5.41, 5.74) is -4.54. The monoisotopic (exact) mass is 768 g/mol. The number of benzene rings is 4. The maximum atomic E-state index is 16.7. The van der Waals surface area contributed by atoms with E-state index in [4.69, 9.17) is 4.74 Å². The smallest absolute Gasteiger partial charge is 0.416 e. The zero-order valence-corrected chi connectivity index (χ0v) is 30.1. The van der Waals surface area contributed by atoms with E-state index in [-0.39, 0.29) is 28.9 Å². The molecule has 290 valence electrons. The lowest BCUT2D eigenvalue weighted by Gasteiger charge is -2.32. The van der Waals surface area contributed by atoms with Crippen molar-refractivity contribution >= 4 is 35.4 Å². The molecular weight excluding hydrogens is 731 g/mol. The van der Waals surface area contributed by atoms with E-state index in [1.807, 2.05) is 0 Å². The summed E-state index contributed by atoms with van der Waals surface area (Å²) in [7, 11) is 2.46. The molecule has 0 aliphatic carbocycles. The Bertz CT molecular complexity index is 2100. The minimum absolute atomic E-state index is 0.128. The lowest BCUT2D eigenvalue weighted by atomic mass is 9.72. The van der Waals surface area contributed by atoms with Crippen molar-refractivity contribution in [2.45, 2.75) is 50.6 Å². The maximum absolute atomic E-state index is 16.7. The number of ether oxygens (including phenoxy) is 1. The van der Waals surface area contributed by atoms with Crippen LogP contribution in [0.4, 0.5) is 27.6 Å². The van der Waals surface area contributed by atoms with E-state index < -0.39 is 101 Å². The maximum Gasteiger partial charge on any atom is 0.416 e. The Balaban J connectivity index is 1.82. The normalized spacial score (nSPS) is 13.0. The topological polar surface area (TPSA) is 150 Å². The number of esters is 1. The molecule has 15 heteroatoms. The van der Waals surface area contributed by atoms with Crippen molar-refractivity contribution < 1.29 is 60.9 Å². The number of nitrogens with one attached hydrogen (secondary N) is 1. The molecule has 0 spiro atoms. The highest BCUT2D eigenvalue weighted by molar-refractivity contribution is 6.12. The van der Waals surface area contributed by atoms with Crippen LogP contribution in [0.15, 0.2) is 78.9 Å². The number of hydrogen-bond donors (Lipinski definition) is 3. The van der Waals surface area contributed by atoms with Gasteiger partial charge in [0.05, 0.1) is 35.8 Å². The largest absolute Gasteiger partial charge is 0.481 e. The molecule has 4 rings (SSSR count). The summed E-state index contributed by atoms with van der Waals surface area (Å²) in [6, 6.07) is 16.4. The summed E-state index contributed by atoms with van der Waals surface area (Å²) in [5.74, 6) is -11.5. The molecule has 0 saturated carbocycles. The van der Waals surface area contributed by atoms with Gasteiger partial charge in [-0.05, 0) is 67.6 Å². The number of anilines is 1. The molecule has 2 amide bonds. The van der Waals surface area contributed by atoms with Crippen LogP contribution in [-0.2, 0) is 30.7 Å². The van der Waals surface area contributed by atoms with Gasteiger partial charge < -0.3 is 25.2 Å². The number of alkyl halides is 3. The molecule has 55 heavy (non-hydrogen) atoms. The van der Waals surface area contributed by atoms with Gasteiger partial charge in [-0.25, -0.2) is 8.78 Å². The van der Waals surface area contributed by atoms with E-state index in [9.17, 15) is 47.4 Å². The van der Waals surface area contributed by atoms with E-state index in [0.29, 0.717) is 11.6 Å². The predicted octanol–water partition coefficient (Wildman–Crippen LogP) is 7.84. The van der Waals surface area contributed by atoms with Crippen LogP contribution in [0.5, 0.6) is 0 Å². The highest BCUT2D eigenvalue weighted by Crippen LogP contribution is 2.41. The molecule has 2 atom stereocenters. The fraction of sp³-hybridized carbons (Fsp3) is 0.275. The second-order valence-electron chi connectivity index (χ2n) is 13.0. The fourth-order valence-corrected chi connectivity index (χ4v) is 6.30. The van der Waals surface area contributed by atoms with Crippen LogP contribution in [-0.4, -0.2) is 65.5 Å². The van der Waals surface area contributed by atoms with Crippen molar-refractivity contribution in [1.29, 1.82) is 0 Å². The summed E-state index contributed by atoms with van der Waals surface area (Å²) >= 11 is 0. The Morgan fingerprint density at radius 3 is 2.05 bits per heavy atom. The van der Waals surface area contributed by atoms with Gasteiger partial charge in [-0.15, -0.1) is 0 Å². The molecule has 4 aromatic carbocycles. The first-order valence-electron chi connectivity index (χ1n) is 16.8. The Kier molecular flexibility index (Phi) is 12.8. The molecule has 3 N–H and O–H groups in total. The number of aliphatic carboxylic acids is 2. The van der Waals surface area contributed by atoms with Crippen molar-refractivity contribution in [2.24, 2.45) is 0 Å². The number of carbonyl (C=O) groups is 5. The average molecular weight is 769 g/mol. The van der Waals surface area contributed by atoms with Crippen molar-refractivity contribution in [3.05, 3.63) is 124 Å². The number of carboxylic acids is 2. The van der Waals surface area contributed by atoms with Crippen LogP contribution in [0.25, 0.3) is 11.1 Å². The van der Waals surface area contributed by atoms with Crippen LogP contribution < -0.4 is 5.32 Å². The van der Waals surface area contributed by atoms with Crippen LogP contribution >= 0.6 is 0 Å².